The first-order chi connectivity index (χ1) is 10.0. The third-order valence-corrected chi connectivity index (χ3v) is 6.28. The summed E-state index contributed by atoms with van der Waals surface area (Å²) in [5.74, 6) is -1.36. The van der Waals surface area contributed by atoms with Crippen LogP contribution in [0.3, 0.4) is 0 Å². The highest BCUT2D eigenvalue weighted by Crippen LogP contribution is 2.49. The van der Waals surface area contributed by atoms with Crippen LogP contribution >= 0.6 is 0 Å². The van der Waals surface area contributed by atoms with Gasteiger partial charge in [-0.15, -0.1) is 0 Å². The van der Waals surface area contributed by atoms with Crippen molar-refractivity contribution in [1.29, 1.82) is 0 Å². The monoisotopic (exact) mass is 291 g/mol. The maximum atomic E-state index is 12.9. The summed E-state index contributed by atoms with van der Waals surface area (Å²) in [5, 5.41) is 9.49. The van der Waals surface area contributed by atoms with Gasteiger partial charge >= 0.3 is 5.97 Å². The minimum atomic E-state index is -0.804. The largest absolute Gasteiger partial charge is 0.481 e. The number of nitrogens with zero attached hydrogens (tertiary/aromatic N) is 1. The van der Waals surface area contributed by atoms with E-state index < -0.39 is 11.9 Å². The molecule has 1 saturated heterocycles. The Morgan fingerprint density at radius 1 is 1.19 bits per heavy atom. The van der Waals surface area contributed by atoms with Crippen molar-refractivity contribution in [3.05, 3.63) is 12.2 Å². The highest BCUT2D eigenvalue weighted by molar-refractivity contribution is 5.87. The zero-order valence-corrected chi connectivity index (χ0v) is 12.9. The molecule has 0 aromatic rings. The molecule has 2 bridgehead atoms. The Hall–Kier alpha value is -1.32. The Balaban J connectivity index is 1.77. The van der Waals surface area contributed by atoms with Crippen molar-refractivity contribution >= 4 is 11.9 Å². The highest BCUT2D eigenvalue weighted by atomic mass is 16.4. The number of likely N-dealkylation sites (tertiary alicyclic amines) is 1. The van der Waals surface area contributed by atoms with Crippen LogP contribution in [0, 0.1) is 29.1 Å². The van der Waals surface area contributed by atoms with E-state index >= 15 is 0 Å². The van der Waals surface area contributed by atoms with Crippen LogP contribution in [0.4, 0.5) is 0 Å². The Labute approximate surface area is 126 Å². The lowest BCUT2D eigenvalue weighted by atomic mass is 9.81. The third-order valence-electron chi connectivity index (χ3n) is 6.28. The highest BCUT2D eigenvalue weighted by Gasteiger charge is 2.53. The van der Waals surface area contributed by atoms with Crippen molar-refractivity contribution in [2.45, 2.75) is 39.5 Å². The zero-order chi connectivity index (χ0) is 15.2. The van der Waals surface area contributed by atoms with Crippen LogP contribution in [-0.2, 0) is 9.59 Å². The van der Waals surface area contributed by atoms with Gasteiger partial charge in [0.2, 0.25) is 5.91 Å². The van der Waals surface area contributed by atoms with Gasteiger partial charge in [0.1, 0.15) is 0 Å². The summed E-state index contributed by atoms with van der Waals surface area (Å²) in [6.45, 7) is 5.99. The van der Waals surface area contributed by atoms with Crippen LogP contribution < -0.4 is 0 Å². The summed E-state index contributed by atoms with van der Waals surface area (Å²) in [6, 6.07) is 0. The number of carbonyl (C=O) groups excluding carboxylic acids is 1. The third kappa shape index (κ3) is 2.19. The van der Waals surface area contributed by atoms with Gasteiger partial charge in [-0.05, 0) is 42.9 Å². The fourth-order valence-corrected chi connectivity index (χ4v) is 4.66. The fourth-order valence-electron chi connectivity index (χ4n) is 4.66. The molecule has 4 unspecified atom stereocenters. The lowest BCUT2D eigenvalue weighted by molar-refractivity contribution is -0.150. The normalized spacial score (nSPS) is 36.4. The van der Waals surface area contributed by atoms with Gasteiger partial charge in [0, 0.05) is 13.1 Å². The molecule has 4 heteroatoms. The van der Waals surface area contributed by atoms with E-state index in [9.17, 15) is 14.7 Å². The number of carboxylic acid groups (broad SMARTS) is 1. The molecule has 1 saturated carbocycles. The number of carbonyl (C=O) groups is 2. The standard InChI is InChI=1S/C17H25NO3/c1-3-17(4-2)7-8-18(10-17)15(19)13-11-5-6-12(9-11)14(13)16(20)21/h5-6,11-14H,3-4,7-10H2,1-2H3,(H,20,21). The molecule has 0 radical (unpaired) electrons. The zero-order valence-electron chi connectivity index (χ0n) is 12.9. The topological polar surface area (TPSA) is 57.6 Å². The summed E-state index contributed by atoms with van der Waals surface area (Å²) in [6.07, 6.45) is 8.14. The number of hydrogen-bond donors (Lipinski definition) is 1. The molecule has 3 rings (SSSR count). The Kier molecular flexibility index (Phi) is 3.58. The predicted octanol–water partition coefficient (Wildman–Crippen LogP) is 2.55. The van der Waals surface area contributed by atoms with Gasteiger partial charge in [-0.1, -0.05) is 26.0 Å². The van der Waals surface area contributed by atoms with E-state index in [2.05, 4.69) is 19.9 Å². The van der Waals surface area contributed by atoms with Crippen LogP contribution in [0.1, 0.15) is 39.5 Å². The molecular formula is C17H25NO3. The van der Waals surface area contributed by atoms with E-state index in [1.807, 2.05) is 11.0 Å². The molecule has 2 aliphatic carbocycles. The summed E-state index contributed by atoms with van der Waals surface area (Å²) in [5.41, 5.74) is 0.252. The SMILES string of the molecule is CCC1(CC)CCN(C(=O)C2C3C=CC(C3)C2C(=O)O)C1. The molecule has 4 atom stereocenters. The van der Waals surface area contributed by atoms with E-state index in [0.717, 1.165) is 38.8 Å². The molecule has 3 aliphatic rings. The van der Waals surface area contributed by atoms with Crippen LogP contribution in [0.5, 0.6) is 0 Å². The number of fused-ring (bicyclic) bond motifs is 2. The summed E-state index contributed by atoms with van der Waals surface area (Å²) < 4.78 is 0. The molecule has 1 aliphatic heterocycles. The molecule has 116 valence electrons. The lowest BCUT2D eigenvalue weighted by Crippen LogP contribution is -2.42. The van der Waals surface area contributed by atoms with Crippen LogP contribution in [-0.4, -0.2) is 35.0 Å². The number of hydrogen-bond acceptors (Lipinski definition) is 2. The van der Waals surface area contributed by atoms with Gasteiger partial charge in [0.15, 0.2) is 0 Å². The van der Waals surface area contributed by atoms with Gasteiger partial charge in [-0.3, -0.25) is 9.59 Å². The maximum Gasteiger partial charge on any atom is 0.307 e. The minimum Gasteiger partial charge on any atom is -0.481 e. The van der Waals surface area contributed by atoms with E-state index in [4.69, 9.17) is 0 Å². The van der Waals surface area contributed by atoms with Crippen molar-refractivity contribution in [3.63, 3.8) is 0 Å². The van der Waals surface area contributed by atoms with E-state index in [0.29, 0.717) is 0 Å². The fraction of sp³-hybridized carbons (Fsp3) is 0.765. The second-order valence-corrected chi connectivity index (χ2v) is 7.06. The lowest BCUT2D eigenvalue weighted by Gasteiger charge is -2.30. The van der Waals surface area contributed by atoms with Crippen molar-refractivity contribution in [2.24, 2.45) is 29.1 Å². The molecule has 0 spiro atoms. The molecule has 0 aromatic heterocycles. The molecule has 21 heavy (non-hydrogen) atoms. The molecular weight excluding hydrogens is 266 g/mol. The average Bonchev–Trinajstić information content (AvgIpc) is 3.19. The van der Waals surface area contributed by atoms with Crippen molar-refractivity contribution in [3.8, 4) is 0 Å². The van der Waals surface area contributed by atoms with Crippen molar-refractivity contribution in [1.82, 2.24) is 4.90 Å². The first-order valence-corrected chi connectivity index (χ1v) is 8.21. The van der Waals surface area contributed by atoms with Crippen LogP contribution in [0.25, 0.3) is 0 Å². The summed E-state index contributed by atoms with van der Waals surface area (Å²) in [4.78, 5) is 26.4. The molecule has 4 nitrogen and oxygen atoms in total. The number of amides is 1. The van der Waals surface area contributed by atoms with Gasteiger partial charge < -0.3 is 10.0 Å². The minimum absolute atomic E-state index is 0.0613. The molecule has 1 heterocycles. The number of allylic oxidation sites excluding steroid dienone is 2. The Morgan fingerprint density at radius 2 is 1.81 bits per heavy atom. The van der Waals surface area contributed by atoms with Gasteiger partial charge in [-0.2, -0.15) is 0 Å². The summed E-state index contributed by atoms with van der Waals surface area (Å²) in [7, 11) is 0. The van der Waals surface area contributed by atoms with E-state index in [-0.39, 0.29) is 29.1 Å². The quantitative estimate of drug-likeness (QED) is 0.810. The second-order valence-electron chi connectivity index (χ2n) is 7.06. The second kappa shape index (κ2) is 5.15. The van der Waals surface area contributed by atoms with Gasteiger partial charge in [0.05, 0.1) is 11.8 Å². The van der Waals surface area contributed by atoms with E-state index in [1.54, 1.807) is 0 Å². The Bertz CT molecular complexity index is 480. The molecule has 1 amide bonds. The first-order valence-electron chi connectivity index (χ1n) is 8.21. The van der Waals surface area contributed by atoms with Crippen LogP contribution in [0.2, 0.25) is 0 Å². The average molecular weight is 291 g/mol. The number of aliphatic carboxylic acids is 1. The van der Waals surface area contributed by atoms with Gasteiger partial charge in [-0.25, -0.2) is 0 Å². The molecule has 2 fully saturated rings. The smallest absolute Gasteiger partial charge is 0.307 e. The number of rotatable bonds is 4. The van der Waals surface area contributed by atoms with Gasteiger partial charge in [0.25, 0.3) is 0 Å². The molecule has 1 N–H and O–H groups in total. The number of carboxylic acids is 1. The predicted molar refractivity (Wildman–Crippen MR) is 79.6 cm³/mol. The van der Waals surface area contributed by atoms with Crippen molar-refractivity contribution < 1.29 is 14.7 Å². The van der Waals surface area contributed by atoms with Crippen LogP contribution in [0.15, 0.2) is 12.2 Å². The van der Waals surface area contributed by atoms with Crippen molar-refractivity contribution in [2.75, 3.05) is 13.1 Å². The maximum absolute atomic E-state index is 12.9. The summed E-state index contributed by atoms with van der Waals surface area (Å²) >= 11 is 0. The van der Waals surface area contributed by atoms with E-state index in [1.165, 1.54) is 0 Å². The first kappa shape index (κ1) is 14.6. The Morgan fingerprint density at radius 3 is 2.33 bits per heavy atom. The molecule has 0 aromatic carbocycles.